The van der Waals surface area contributed by atoms with Crippen molar-refractivity contribution in [3.05, 3.63) is 0 Å². The van der Waals surface area contributed by atoms with Crippen LogP contribution in [0.3, 0.4) is 0 Å². The molecule has 0 bridgehead atoms. The number of piperidine rings is 1. The molecule has 0 aromatic carbocycles. The van der Waals surface area contributed by atoms with E-state index in [2.05, 4.69) is 11.8 Å². The fourth-order valence-electron chi connectivity index (χ4n) is 3.75. The second-order valence-electron chi connectivity index (χ2n) is 5.16. The molecule has 3 unspecified atom stereocenters. The maximum Gasteiger partial charge on any atom is 0.00986 e. The fraction of sp³-hybridized carbons (Fsp3) is 1.00. The number of rotatable bonds is 0. The van der Waals surface area contributed by atoms with Gasteiger partial charge < -0.3 is 4.90 Å². The summed E-state index contributed by atoms with van der Waals surface area (Å²) in [6.07, 6.45) is 6.02. The van der Waals surface area contributed by atoms with Crippen LogP contribution in [0.25, 0.3) is 0 Å². The quantitative estimate of drug-likeness (QED) is 0.531. The van der Waals surface area contributed by atoms with E-state index in [0.29, 0.717) is 0 Å². The Morgan fingerprint density at radius 3 is 3.00 bits per heavy atom. The van der Waals surface area contributed by atoms with Crippen molar-refractivity contribution in [1.82, 2.24) is 4.90 Å². The molecular weight excluding hydrogens is 146 g/mol. The summed E-state index contributed by atoms with van der Waals surface area (Å²) >= 11 is 0. The molecule has 0 radical (unpaired) electrons. The molecule has 0 spiro atoms. The minimum absolute atomic E-state index is 0.994. The third-order valence-electron chi connectivity index (χ3n) is 4.52. The molecule has 3 fully saturated rings. The molecule has 1 heteroatoms. The molecule has 2 aliphatic heterocycles. The van der Waals surface area contributed by atoms with Crippen LogP contribution in [0.15, 0.2) is 0 Å². The van der Waals surface area contributed by atoms with E-state index >= 15 is 0 Å². The maximum atomic E-state index is 2.76. The first-order valence-electron chi connectivity index (χ1n) is 5.58. The first-order chi connectivity index (χ1) is 5.84. The first-order valence-corrected chi connectivity index (χ1v) is 5.58. The summed E-state index contributed by atoms with van der Waals surface area (Å²) < 4.78 is 0. The van der Waals surface area contributed by atoms with Gasteiger partial charge in [0.2, 0.25) is 0 Å². The highest BCUT2D eigenvalue weighted by Crippen LogP contribution is 2.48. The second-order valence-corrected chi connectivity index (χ2v) is 5.16. The van der Waals surface area contributed by atoms with E-state index < -0.39 is 0 Å². The van der Waals surface area contributed by atoms with Crippen LogP contribution in [0.2, 0.25) is 0 Å². The zero-order valence-corrected chi connectivity index (χ0v) is 8.00. The van der Waals surface area contributed by atoms with Crippen LogP contribution >= 0.6 is 0 Å². The molecule has 2 saturated heterocycles. The maximum absolute atomic E-state index is 2.76. The molecule has 0 amide bonds. The van der Waals surface area contributed by atoms with Crippen LogP contribution in [0.5, 0.6) is 0 Å². The number of fused-ring (bicyclic) bond motifs is 2. The van der Waals surface area contributed by atoms with Gasteiger partial charge in [-0.1, -0.05) is 6.92 Å². The van der Waals surface area contributed by atoms with Crippen molar-refractivity contribution in [2.75, 3.05) is 13.1 Å². The summed E-state index contributed by atoms with van der Waals surface area (Å²) in [4.78, 5) is 2.76. The van der Waals surface area contributed by atoms with Crippen molar-refractivity contribution in [2.24, 2.45) is 17.8 Å². The molecule has 1 saturated carbocycles. The van der Waals surface area contributed by atoms with Gasteiger partial charge in [0.05, 0.1) is 0 Å². The van der Waals surface area contributed by atoms with Crippen molar-refractivity contribution in [3.8, 4) is 0 Å². The number of nitrogens with zero attached hydrogens (tertiary/aromatic N) is 1. The zero-order valence-electron chi connectivity index (χ0n) is 8.00. The predicted molar refractivity (Wildman–Crippen MR) is 50.0 cm³/mol. The smallest absolute Gasteiger partial charge is 0.00986 e. The molecule has 3 aliphatic rings. The molecule has 0 aromatic heterocycles. The molecule has 12 heavy (non-hydrogen) atoms. The van der Waals surface area contributed by atoms with Crippen molar-refractivity contribution < 1.29 is 0 Å². The highest BCUT2D eigenvalue weighted by molar-refractivity contribution is 4.98. The molecule has 0 N–H and O–H groups in total. The van der Waals surface area contributed by atoms with E-state index in [1.807, 2.05) is 0 Å². The lowest BCUT2D eigenvalue weighted by Gasteiger charge is -2.51. The van der Waals surface area contributed by atoms with Gasteiger partial charge in [-0.05, 0) is 50.0 Å². The van der Waals surface area contributed by atoms with Gasteiger partial charge in [0.25, 0.3) is 0 Å². The Kier molecular flexibility index (Phi) is 1.52. The number of hydrogen-bond donors (Lipinski definition) is 0. The summed E-state index contributed by atoms with van der Waals surface area (Å²) in [5.74, 6) is 3.26. The van der Waals surface area contributed by atoms with E-state index in [0.717, 1.165) is 23.8 Å². The summed E-state index contributed by atoms with van der Waals surface area (Å²) in [6.45, 7) is 5.30. The topological polar surface area (TPSA) is 3.24 Å². The van der Waals surface area contributed by atoms with Gasteiger partial charge in [0.15, 0.2) is 0 Å². The molecule has 3 rings (SSSR count). The van der Waals surface area contributed by atoms with E-state index in [-0.39, 0.29) is 0 Å². The average molecular weight is 165 g/mol. The Bertz CT molecular complexity index is 189. The van der Waals surface area contributed by atoms with Crippen molar-refractivity contribution in [2.45, 2.75) is 38.6 Å². The highest BCUT2D eigenvalue weighted by atomic mass is 15.2. The van der Waals surface area contributed by atoms with Gasteiger partial charge in [-0.15, -0.1) is 0 Å². The highest BCUT2D eigenvalue weighted by Gasteiger charge is 2.45. The van der Waals surface area contributed by atoms with Crippen LogP contribution in [-0.2, 0) is 0 Å². The molecule has 68 valence electrons. The molecule has 1 nitrogen and oxygen atoms in total. The van der Waals surface area contributed by atoms with Gasteiger partial charge in [-0.3, -0.25) is 0 Å². The summed E-state index contributed by atoms with van der Waals surface area (Å²) in [5.41, 5.74) is 0. The summed E-state index contributed by atoms with van der Waals surface area (Å²) in [5, 5.41) is 0. The normalized spacial score (nSPS) is 52.8. The third-order valence-corrected chi connectivity index (χ3v) is 4.52. The molecule has 4 atom stereocenters. The third kappa shape index (κ3) is 0.891. The van der Waals surface area contributed by atoms with Gasteiger partial charge in [-0.25, -0.2) is 0 Å². The number of hydrogen-bond acceptors (Lipinski definition) is 1. The average Bonchev–Trinajstić information content (AvgIpc) is 2.49. The lowest BCUT2D eigenvalue weighted by molar-refractivity contribution is -0.0205. The first kappa shape index (κ1) is 7.37. The zero-order chi connectivity index (χ0) is 8.13. The largest absolute Gasteiger partial charge is 0.300 e. The van der Waals surface area contributed by atoms with Crippen LogP contribution in [-0.4, -0.2) is 24.0 Å². The Morgan fingerprint density at radius 2 is 2.17 bits per heavy atom. The van der Waals surface area contributed by atoms with Crippen LogP contribution in [0.4, 0.5) is 0 Å². The van der Waals surface area contributed by atoms with Crippen LogP contribution in [0.1, 0.15) is 32.6 Å². The van der Waals surface area contributed by atoms with E-state index in [1.54, 1.807) is 0 Å². The van der Waals surface area contributed by atoms with Gasteiger partial charge >= 0.3 is 0 Å². The van der Waals surface area contributed by atoms with Crippen molar-refractivity contribution in [3.63, 3.8) is 0 Å². The second kappa shape index (κ2) is 2.47. The van der Waals surface area contributed by atoms with E-state index in [4.69, 9.17) is 0 Å². The van der Waals surface area contributed by atoms with Gasteiger partial charge in [0, 0.05) is 12.6 Å². The molecule has 0 aromatic rings. The minimum atomic E-state index is 0.994. The Hall–Kier alpha value is -0.0400. The molecular formula is C11H19N. The molecule has 2 heterocycles. The lowest BCUT2D eigenvalue weighted by atomic mass is 9.61. The molecule has 1 aliphatic carbocycles. The van der Waals surface area contributed by atoms with Crippen molar-refractivity contribution in [1.29, 1.82) is 0 Å². The van der Waals surface area contributed by atoms with Crippen molar-refractivity contribution >= 4 is 0 Å². The monoisotopic (exact) mass is 165 g/mol. The Labute approximate surface area is 75.1 Å². The SMILES string of the molecule is CC1C[C@@H]2CN3CCCC3CC12. The van der Waals surface area contributed by atoms with Gasteiger partial charge in [0.1, 0.15) is 0 Å². The van der Waals surface area contributed by atoms with E-state index in [9.17, 15) is 0 Å². The predicted octanol–water partition coefficient (Wildman–Crippen LogP) is 2.13. The standard InChI is InChI=1S/C11H19N/c1-8-5-9-7-12-4-2-3-10(12)6-11(8)9/h8-11H,2-7H2,1H3/t8?,9-,10?,11?/m1/s1. The van der Waals surface area contributed by atoms with Gasteiger partial charge in [-0.2, -0.15) is 0 Å². The minimum Gasteiger partial charge on any atom is -0.300 e. The van der Waals surface area contributed by atoms with Crippen LogP contribution < -0.4 is 0 Å². The van der Waals surface area contributed by atoms with E-state index in [1.165, 1.54) is 38.8 Å². The Balaban J connectivity index is 1.73. The lowest BCUT2D eigenvalue weighted by Crippen LogP contribution is -2.51. The Morgan fingerprint density at radius 1 is 1.25 bits per heavy atom. The summed E-state index contributed by atoms with van der Waals surface area (Å²) in [7, 11) is 0. The fourth-order valence-corrected chi connectivity index (χ4v) is 3.75. The van der Waals surface area contributed by atoms with Crippen LogP contribution in [0, 0.1) is 17.8 Å². The summed E-state index contributed by atoms with van der Waals surface area (Å²) in [6, 6.07) is 0.994.